The first-order valence-electron chi connectivity index (χ1n) is 10.8. The summed E-state index contributed by atoms with van der Waals surface area (Å²) < 4.78 is 11.0. The van der Waals surface area contributed by atoms with Gasteiger partial charge in [-0.2, -0.15) is 5.10 Å². The number of anilines is 1. The minimum absolute atomic E-state index is 0.0880. The summed E-state index contributed by atoms with van der Waals surface area (Å²) in [6.45, 7) is 0.197. The Labute approximate surface area is 212 Å². The number of hydrogen-bond acceptors (Lipinski definition) is 7. The second-order valence-corrected chi connectivity index (χ2v) is 7.88. The SMILES string of the molecule is COc1cc(C=NNC(=O)CCC(=O)Nc2cccc(Cl)c2)c([N+](=O)[O-])cc1OCc1ccccc1. The van der Waals surface area contributed by atoms with Crippen molar-refractivity contribution in [3.8, 4) is 11.5 Å². The second kappa shape index (κ2) is 12.9. The van der Waals surface area contributed by atoms with Gasteiger partial charge in [-0.15, -0.1) is 0 Å². The molecule has 3 aromatic rings. The summed E-state index contributed by atoms with van der Waals surface area (Å²) in [5.41, 5.74) is 3.48. The lowest BCUT2D eigenvalue weighted by molar-refractivity contribution is -0.385. The number of methoxy groups -OCH3 is 1. The zero-order valence-electron chi connectivity index (χ0n) is 19.3. The van der Waals surface area contributed by atoms with Crippen molar-refractivity contribution in [2.45, 2.75) is 19.4 Å². The van der Waals surface area contributed by atoms with E-state index in [0.717, 1.165) is 11.8 Å². The lowest BCUT2D eigenvalue weighted by atomic mass is 10.1. The number of nitrogens with one attached hydrogen (secondary N) is 2. The zero-order chi connectivity index (χ0) is 25.9. The van der Waals surface area contributed by atoms with Crippen LogP contribution >= 0.6 is 11.6 Å². The number of hydrogen-bond donors (Lipinski definition) is 2. The van der Waals surface area contributed by atoms with E-state index < -0.39 is 10.8 Å². The Hall–Kier alpha value is -4.44. The van der Waals surface area contributed by atoms with Gasteiger partial charge in [0.05, 0.1) is 29.9 Å². The fraction of sp³-hybridized carbons (Fsp3) is 0.160. The minimum atomic E-state index is -0.585. The third kappa shape index (κ3) is 7.81. The molecule has 0 saturated carbocycles. The molecule has 0 spiro atoms. The molecule has 0 fully saturated rings. The van der Waals surface area contributed by atoms with Gasteiger partial charge in [-0.05, 0) is 29.8 Å². The van der Waals surface area contributed by atoms with Gasteiger partial charge in [-0.3, -0.25) is 19.7 Å². The van der Waals surface area contributed by atoms with Gasteiger partial charge in [-0.25, -0.2) is 5.43 Å². The van der Waals surface area contributed by atoms with Crippen LogP contribution in [0.3, 0.4) is 0 Å². The van der Waals surface area contributed by atoms with Crippen LogP contribution in [0.25, 0.3) is 0 Å². The quantitative estimate of drug-likeness (QED) is 0.218. The average Bonchev–Trinajstić information content (AvgIpc) is 2.86. The number of hydrazone groups is 1. The van der Waals surface area contributed by atoms with E-state index in [9.17, 15) is 19.7 Å². The molecule has 0 saturated heterocycles. The summed E-state index contributed by atoms with van der Waals surface area (Å²) in [6, 6.07) is 18.6. The highest BCUT2D eigenvalue weighted by Crippen LogP contribution is 2.34. The molecule has 0 aliphatic rings. The maximum absolute atomic E-state index is 12.1. The number of amides is 2. The maximum Gasteiger partial charge on any atom is 0.282 e. The fourth-order valence-electron chi connectivity index (χ4n) is 3.08. The van der Waals surface area contributed by atoms with Gasteiger partial charge in [0, 0.05) is 23.6 Å². The van der Waals surface area contributed by atoms with Crippen LogP contribution in [0.4, 0.5) is 11.4 Å². The van der Waals surface area contributed by atoms with Crippen molar-refractivity contribution in [1.29, 1.82) is 0 Å². The highest BCUT2D eigenvalue weighted by molar-refractivity contribution is 6.30. The first-order chi connectivity index (χ1) is 17.4. The number of benzene rings is 3. The molecule has 0 unspecified atom stereocenters. The van der Waals surface area contributed by atoms with Crippen molar-refractivity contribution in [1.82, 2.24) is 5.43 Å². The smallest absolute Gasteiger partial charge is 0.282 e. The first kappa shape index (κ1) is 26.2. The molecule has 0 atom stereocenters. The normalized spacial score (nSPS) is 10.6. The van der Waals surface area contributed by atoms with Crippen LogP contribution in [0.5, 0.6) is 11.5 Å². The molecular weight excluding hydrogens is 488 g/mol. The van der Waals surface area contributed by atoms with Gasteiger partial charge >= 0.3 is 0 Å². The van der Waals surface area contributed by atoms with Crippen LogP contribution in [0, 0.1) is 10.1 Å². The summed E-state index contributed by atoms with van der Waals surface area (Å²) in [4.78, 5) is 35.1. The van der Waals surface area contributed by atoms with E-state index in [1.165, 1.54) is 19.2 Å². The average molecular weight is 511 g/mol. The molecule has 0 bridgehead atoms. The Morgan fingerprint density at radius 3 is 2.47 bits per heavy atom. The molecule has 0 heterocycles. The minimum Gasteiger partial charge on any atom is -0.493 e. The van der Waals surface area contributed by atoms with E-state index in [2.05, 4.69) is 15.8 Å². The molecule has 0 aromatic heterocycles. The molecular formula is C25H23ClN4O6. The molecule has 36 heavy (non-hydrogen) atoms. The van der Waals surface area contributed by atoms with Crippen molar-refractivity contribution < 1.29 is 24.0 Å². The second-order valence-electron chi connectivity index (χ2n) is 7.44. The fourth-order valence-corrected chi connectivity index (χ4v) is 3.27. The van der Waals surface area contributed by atoms with Crippen LogP contribution in [-0.4, -0.2) is 30.1 Å². The monoisotopic (exact) mass is 510 g/mol. The van der Waals surface area contributed by atoms with E-state index >= 15 is 0 Å². The zero-order valence-corrected chi connectivity index (χ0v) is 20.0. The Morgan fingerprint density at radius 1 is 1.03 bits per heavy atom. The summed E-state index contributed by atoms with van der Waals surface area (Å²) in [7, 11) is 1.41. The molecule has 3 aromatic carbocycles. The third-order valence-electron chi connectivity index (χ3n) is 4.83. The third-order valence-corrected chi connectivity index (χ3v) is 5.06. The molecule has 0 aliphatic heterocycles. The van der Waals surface area contributed by atoms with E-state index in [-0.39, 0.29) is 48.1 Å². The van der Waals surface area contributed by atoms with E-state index in [0.29, 0.717) is 10.7 Å². The number of nitro benzene ring substituents is 1. The molecule has 10 nitrogen and oxygen atoms in total. The Morgan fingerprint density at radius 2 is 1.78 bits per heavy atom. The summed E-state index contributed by atoms with van der Waals surface area (Å²) in [5.74, 6) is -0.449. The number of carbonyl (C=O) groups excluding carboxylic acids is 2. The molecule has 3 rings (SSSR count). The van der Waals surface area contributed by atoms with Gasteiger partial charge in [0.2, 0.25) is 11.8 Å². The van der Waals surface area contributed by atoms with Crippen molar-refractivity contribution in [3.05, 3.63) is 93.0 Å². The van der Waals surface area contributed by atoms with Gasteiger partial charge in [0.25, 0.3) is 5.69 Å². The Balaban J connectivity index is 1.59. The van der Waals surface area contributed by atoms with Gasteiger partial charge in [-0.1, -0.05) is 48.0 Å². The standard InChI is InChI=1S/C25H23ClN4O6/c1-35-22-12-18(21(30(33)34)14-23(22)36-16-17-6-3-2-4-7-17)15-27-29-25(32)11-10-24(31)28-20-9-5-8-19(26)13-20/h2-9,12-15H,10-11,16H2,1H3,(H,28,31)(H,29,32). The van der Waals surface area contributed by atoms with Crippen LogP contribution in [-0.2, 0) is 16.2 Å². The number of nitro groups is 1. The van der Waals surface area contributed by atoms with E-state index in [1.54, 1.807) is 24.3 Å². The van der Waals surface area contributed by atoms with Crippen LogP contribution in [0.1, 0.15) is 24.0 Å². The molecule has 186 valence electrons. The molecule has 2 N–H and O–H groups in total. The summed E-state index contributed by atoms with van der Waals surface area (Å²) in [5, 5.41) is 18.5. The van der Waals surface area contributed by atoms with E-state index in [1.807, 2.05) is 30.3 Å². The maximum atomic E-state index is 12.1. The van der Waals surface area contributed by atoms with Gasteiger partial charge in [0.1, 0.15) is 6.61 Å². The van der Waals surface area contributed by atoms with Crippen LogP contribution in [0.15, 0.2) is 71.8 Å². The lowest BCUT2D eigenvalue weighted by Crippen LogP contribution is -2.20. The highest BCUT2D eigenvalue weighted by atomic mass is 35.5. The number of rotatable bonds is 11. The highest BCUT2D eigenvalue weighted by Gasteiger charge is 2.19. The predicted octanol–water partition coefficient (Wildman–Crippen LogP) is 4.70. The van der Waals surface area contributed by atoms with Crippen molar-refractivity contribution >= 4 is 41.0 Å². The van der Waals surface area contributed by atoms with Crippen molar-refractivity contribution in [2.24, 2.45) is 5.10 Å². The predicted molar refractivity (Wildman–Crippen MR) is 135 cm³/mol. The van der Waals surface area contributed by atoms with Gasteiger partial charge < -0.3 is 14.8 Å². The molecule has 11 heteroatoms. The Kier molecular flexibility index (Phi) is 9.35. The first-order valence-corrected chi connectivity index (χ1v) is 11.1. The summed E-state index contributed by atoms with van der Waals surface area (Å²) >= 11 is 5.87. The molecule has 0 aliphatic carbocycles. The lowest BCUT2D eigenvalue weighted by Gasteiger charge is -2.12. The molecule has 0 radical (unpaired) electrons. The van der Waals surface area contributed by atoms with Crippen molar-refractivity contribution in [2.75, 3.05) is 12.4 Å². The number of nitrogens with zero attached hydrogens (tertiary/aromatic N) is 2. The topological polar surface area (TPSA) is 132 Å². The van der Waals surface area contributed by atoms with Crippen LogP contribution < -0.4 is 20.2 Å². The van der Waals surface area contributed by atoms with Crippen molar-refractivity contribution in [3.63, 3.8) is 0 Å². The number of ether oxygens (including phenoxy) is 2. The van der Waals surface area contributed by atoms with Gasteiger partial charge in [0.15, 0.2) is 11.5 Å². The number of carbonyl (C=O) groups is 2. The number of halogens is 1. The Bertz CT molecular complexity index is 1270. The van der Waals surface area contributed by atoms with Crippen LogP contribution in [0.2, 0.25) is 5.02 Å². The summed E-state index contributed by atoms with van der Waals surface area (Å²) in [6.07, 6.45) is 0.905. The molecule has 2 amide bonds. The van der Waals surface area contributed by atoms with E-state index in [4.69, 9.17) is 21.1 Å². The largest absolute Gasteiger partial charge is 0.493 e.